The van der Waals surface area contributed by atoms with Gasteiger partial charge in [-0.25, -0.2) is 0 Å². The lowest BCUT2D eigenvalue weighted by Gasteiger charge is -2.33. The molecule has 2 fully saturated rings. The molecule has 0 atom stereocenters. The van der Waals surface area contributed by atoms with E-state index in [1.165, 1.54) is 6.42 Å². The fourth-order valence-corrected chi connectivity index (χ4v) is 3.52. The van der Waals surface area contributed by atoms with Gasteiger partial charge in [-0.15, -0.1) is 0 Å². The number of nitrogens with zero attached hydrogens (tertiary/aromatic N) is 1. The minimum Gasteiger partial charge on any atom is -0.353 e. The van der Waals surface area contributed by atoms with Gasteiger partial charge in [0.1, 0.15) is 0 Å². The third kappa shape index (κ3) is 4.34. The molecular weight excluding hydrogens is 276 g/mol. The van der Waals surface area contributed by atoms with Crippen LogP contribution in [0.25, 0.3) is 0 Å². The molecule has 0 aromatic heterocycles. The van der Waals surface area contributed by atoms with Crippen LogP contribution in [0.4, 0.5) is 0 Å². The van der Waals surface area contributed by atoms with E-state index in [9.17, 15) is 9.59 Å². The molecule has 0 spiro atoms. The van der Waals surface area contributed by atoms with Crippen molar-refractivity contribution < 1.29 is 9.59 Å². The Kier molecular flexibility index (Phi) is 5.16. The zero-order valence-electron chi connectivity index (χ0n) is 13.5. The molecule has 2 amide bonds. The van der Waals surface area contributed by atoms with Crippen molar-refractivity contribution in [1.82, 2.24) is 10.2 Å². The van der Waals surface area contributed by atoms with Gasteiger partial charge in [-0.3, -0.25) is 9.59 Å². The Balaban J connectivity index is 1.37. The van der Waals surface area contributed by atoms with E-state index >= 15 is 0 Å². The van der Waals surface area contributed by atoms with Crippen molar-refractivity contribution in [2.75, 3.05) is 13.1 Å². The molecule has 22 heavy (non-hydrogen) atoms. The molecule has 3 rings (SSSR count). The van der Waals surface area contributed by atoms with Gasteiger partial charge in [0.2, 0.25) is 11.8 Å². The predicted molar refractivity (Wildman–Crippen MR) is 86.3 cm³/mol. The third-order valence-corrected chi connectivity index (χ3v) is 5.19. The van der Waals surface area contributed by atoms with Gasteiger partial charge in [0.05, 0.1) is 0 Å². The van der Waals surface area contributed by atoms with Crippen molar-refractivity contribution in [1.29, 1.82) is 0 Å². The van der Waals surface area contributed by atoms with Crippen LogP contribution in [0.2, 0.25) is 0 Å². The molecular formula is C18H28N2O2. The van der Waals surface area contributed by atoms with Crippen LogP contribution in [0, 0.1) is 5.92 Å². The number of amides is 2. The van der Waals surface area contributed by atoms with Crippen molar-refractivity contribution in [3.63, 3.8) is 0 Å². The molecule has 122 valence electrons. The van der Waals surface area contributed by atoms with E-state index in [2.05, 4.69) is 11.4 Å². The maximum Gasteiger partial charge on any atom is 0.249 e. The Morgan fingerprint density at radius 2 is 1.91 bits per heavy atom. The number of carbonyl (C=O) groups is 2. The first-order valence-corrected chi connectivity index (χ1v) is 9.00. The number of allylic oxidation sites excluding steroid dienone is 1. The molecule has 1 saturated heterocycles. The lowest BCUT2D eigenvalue weighted by Crippen LogP contribution is -2.39. The molecule has 0 bridgehead atoms. The predicted octanol–water partition coefficient (Wildman–Crippen LogP) is 2.78. The minimum absolute atomic E-state index is 0.216. The highest BCUT2D eigenvalue weighted by molar-refractivity contribution is 5.93. The number of nitrogens with one attached hydrogen (secondary N) is 1. The quantitative estimate of drug-likeness (QED) is 0.849. The molecule has 1 heterocycles. The fraction of sp³-hybridized carbons (Fsp3) is 0.778. The molecule has 0 aromatic carbocycles. The number of hydrogen-bond acceptors (Lipinski definition) is 2. The minimum atomic E-state index is 0.216. The van der Waals surface area contributed by atoms with Crippen LogP contribution in [-0.2, 0) is 9.59 Å². The van der Waals surface area contributed by atoms with Crippen molar-refractivity contribution in [2.24, 2.45) is 5.92 Å². The van der Waals surface area contributed by atoms with E-state index in [1.54, 1.807) is 0 Å². The molecule has 0 radical (unpaired) electrons. The van der Waals surface area contributed by atoms with E-state index in [0.717, 1.165) is 70.0 Å². The van der Waals surface area contributed by atoms with Gasteiger partial charge in [-0.05, 0) is 63.7 Å². The average Bonchev–Trinajstić information content (AvgIpc) is 3.37. The Hall–Kier alpha value is -1.32. The summed E-state index contributed by atoms with van der Waals surface area (Å²) in [5.74, 6) is 1.09. The van der Waals surface area contributed by atoms with E-state index < -0.39 is 0 Å². The average molecular weight is 304 g/mol. The topological polar surface area (TPSA) is 49.4 Å². The summed E-state index contributed by atoms with van der Waals surface area (Å²) < 4.78 is 0. The highest BCUT2D eigenvalue weighted by Gasteiger charge is 2.26. The molecule has 2 aliphatic carbocycles. The Morgan fingerprint density at radius 3 is 2.55 bits per heavy atom. The second-order valence-corrected chi connectivity index (χ2v) is 7.09. The fourth-order valence-electron chi connectivity index (χ4n) is 3.52. The summed E-state index contributed by atoms with van der Waals surface area (Å²) in [6, 6.07) is 0.468. The maximum absolute atomic E-state index is 12.4. The second-order valence-electron chi connectivity index (χ2n) is 7.09. The van der Waals surface area contributed by atoms with Crippen LogP contribution in [0.15, 0.2) is 11.6 Å². The largest absolute Gasteiger partial charge is 0.353 e. The molecule has 0 unspecified atom stereocenters. The number of hydrogen-bond donors (Lipinski definition) is 1. The van der Waals surface area contributed by atoms with E-state index in [-0.39, 0.29) is 11.8 Å². The van der Waals surface area contributed by atoms with Crippen molar-refractivity contribution in [3.8, 4) is 0 Å². The highest BCUT2D eigenvalue weighted by atomic mass is 16.2. The van der Waals surface area contributed by atoms with Gasteiger partial charge in [0.15, 0.2) is 0 Å². The normalized spacial score (nSPS) is 23.1. The van der Waals surface area contributed by atoms with Gasteiger partial charge < -0.3 is 10.2 Å². The first kappa shape index (κ1) is 15.6. The van der Waals surface area contributed by atoms with Gasteiger partial charge in [-0.1, -0.05) is 6.08 Å². The Bertz CT molecular complexity index is 446. The van der Waals surface area contributed by atoms with Gasteiger partial charge in [0, 0.05) is 31.1 Å². The summed E-state index contributed by atoms with van der Waals surface area (Å²) in [5.41, 5.74) is 1.04. The van der Waals surface area contributed by atoms with Crippen LogP contribution in [0.1, 0.15) is 64.2 Å². The number of rotatable bonds is 5. The van der Waals surface area contributed by atoms with E-state index in [0.29, 0.717) is 18.4 Å². The monoisotopic (exact) mass is 304 g/mol. The molecule has 4 heteroatoms. The van der Waals surface area contributed by atoms with Gasteiger partial charge >= 0.3 is 0 Å². The highest BCUT2D eigenvalue weighted by Crippen LogP contribution is 2.26. The smallest absolute Gasteiger partial charge is 0.249 e. The molecule has 4 nitrogen and oxygen atoms in total. The summed E-state index contributed by atoms with van der Waals surface area (Å²) >= 11 is 0. The Morgan fingerprint density at radius 1 is 1.14 bits per heavy atom. The first-order chi connectivity index (χ1) is 10.7. The van der Waals surface area contributed by atoms with Gasteiger partial charge in [-0.2, -0.15) is 0 Å². The van der Waals surface area contributed by atoms with Crippen molar-refractivity contribution >= 4 is 11.8 Å². The van der Waals surface area contributed by atoms with Crippen molar-refractivity contribution in [3.05, 3.63) is 11.6 Å². The summed E-state index contributed by atoms with van der Waals surface area (Å²) in [5, 5.41) is 3.05. The molecule has 3 aliphatic rings. The van der Waals surface area contributed by atoms with E-state index in [4.69, 9.17) is 0 Å². The standard InChI is InChI=1S/C18H28N2O2/c21-17(19-16-7-8-16)9-6-14-10-12-20(13-11-14)18(22)15-4-2-1-3-5-15/h4,14,16H,1-3,5-13H2,(H,19,21). The summed E-state index contributed by atoms with van der Waals surface area (Å²) in [6.07, 6.45) is 12.6. The lowest BCUT2D eigenvalue weighted by atomic mass is 9.91. The summed E-state index contributed by atoms with van der Waals surface area (Å²) in [6.45, 7) is 1.73. The van der Waals surface area contributed by atoms with E-state index in [1.807, 2.05) is 4.90 Å². The molecule has 0 aromatic rings. The molecule has 1 aliphatic heterocycles. The van der Waals surface area contributed by atoms with Gasteiger partial charge in [0.25, 0.3) is 0 Å². The Labute approximate surface area is 133 Å². The summed E-state index contributed by atoms with van der Waals surface area (Å²) in [4.78, 5) is 26.2. The van der Waals surface area contributed by atoms with Crippen LogP contribution in [-0.4, -0.2) is 35.8 Å². The summed E-state index contributed by atoms with van der Waals surface area (Å²) in [7, 11) is 0. The molecule has 1 saturated carbocycles. The van der Waals surface area contributed by atoms with Crippen LogP contribution in [0.5, 0.6) is 0 Å². The SMILES string of the molecule is O=C(CCC1CCN(C(=O)C2=CCCCC2)CC1)NC1CC1. The van der Waals surface area contributed by atoms with Crippen LogP contribution in [0.3, 0.4) is 0 Å². The first-order valence-electron chi connectivity index (χ1n) is 9.00. The van der Waals surface area contributed by atoms with Crippen LogP contribution < -0.4 is 5.32 Å². The lowest BCUT2D eigenvalue weighted by molar-refractivity contribution is -0.129. The van der Waals surface area contributed by atoms with Crippen LogP contribution >= 0.6 is 0 Å². The maximum atomic E-state index is 12.4. The number of piperidine rings is 1. The zero-order valence-corrected chi connectivity index (χ0v) is 13.5. The second kappa shape index (κ2) is 7.30. The zero-order chi connectivity index (χ0) is 15.4. The number of carbonyl (C=O) groups excluding carboxylic acids is 2. The van der Waals surface area contributed by atoms with Crippen molar-refractivity contribution in [2.45, 2.75) is 70.3 Å². The molecule has 1 N–H and O–H groups in total. The number of likely N-dealkylation sites (tertiary alicyclic amines) is 1. The third-order valence-electron chi connectivity index (χ3n) is 5.19.